The topological polar surface area (TPSA) is 41.5 Å². The van der Waals surface area contributed by atoms with Crippen molar-refractivity contribution in [1.82, 2.24) is 5.32 Å². The fourth-order valence-corrected chi connectivity index (χ4v) is 4.25. The van der Waals surface area contributed by atoms with E-state index in [2.05, 4.69) is 69.6 Å². The molecule has 0 bridgehead atoms. The third-order valence-electron chi connectivity index (χ3n) is 5.58. The van der Waals surface area contributed by atoms with Gasteiger partial charge in [-0.2, -0.15) is 0 Å². The number of methoxy groups -OCH3 is 1. The molecule has 2 aromatic rings. The Bertz CT molecular complexity index is 876. The summed E-state index contributed by atoms with van der Waals surface area (Å²) in [6.45, 7) is 15.8. The predicted octanol–water partition coefficient (Wildman–Crippen LogP) is 4.75. The second kappa shape index (κ2) is 7.49. The number of hydrogen-bond acceptors (Lipinski definition) is 3. The van der Waals surface area contributed by atoms with Gasteiger partial charge in [-0.3, -0.25) is 0 Å². The van der Waals surface area contributed by atoms with Gasteiger partial charge in [0.25, 0.3) is 0 Å². The Labute approximate surface area is 162 Å². The van der Waals surface area contributed by atoms with E-state index in [0.717, 1.165) is 17.7 Å². The fraction of sp³-hybridized carbons (Fsp3) is 0.417. The summed E-state index contributed by atoms with van der Waals surface area (Å²) in [4.78, 5) is 0. The molecule has 1 aliphatic heterocycles. The number of benzene rings is 2. The highest BCUT2D eigenvalue weighted by atomic mass is 16.5. The van der Waals surface area contributed by atoms with Crippen molar-refractivity contribution in [1.29, 1.82) is 0 Å². The average Bonchev–Trinajstić information content (AvgIpc) is 2.64. The van der Waals surface area contributed by atoms with Crippen molar-refractivity contribution in [2.24, 2.45) is 0 Å². The van der Waals surface area contributed by atoms with E-state index in [1.165, 1.54) is 27.5 Å². The first-order valence-electron chi connectivity index (χ1n) is 9.59. The van der Waals surface area contributed by atoms with Crippen LogP contribution in [0.15, 0.2) is 49.1 Å². The summed E-state index contributed by atoms with van der Waals surface area (Å²) in [6.07, 6.45) is 0.852. The molecular formula is C24H31NO2. The lowest BCUT2D eigenvalue weighted by atomic mass is 9.71. The summed E-state index contributed by atoms with van der Waals surface area (Å²) in [7, 11) is 1.73. The van der Waals surface area contributed by atoms with Crippen LogP contribution in [0.1, 0.15) is 49.8 Å². The predicted molar refractivity (Wildman–Crippen MR) is 114 cm³/mol. The molecule has 1 aliphatic rings. The molecule has 3 heteroatoms. The van der Waals surface area contributed by atoms with E-state index in [1.54, 1.807) is 7.11 Å². The Kier molecular flexibility index (Phi) is 5.45. The van der Waals surface area contributed by atoms with E-state index in [-0.39, 0.29) is 24.0 Å². The SMILES string of the molecule is C=C1NC(C(=C)CO)C(CCOC)c2c1c(C(C)(C)C)cc1ccccc21. The molecule has 2 N–H and O–H groups in total. The first kappa shape index (κ1) is 19.7. The third kappa shape index (κ3) is 3.54. The molecule has 144 valence electrons. The van der Waals surface area contributed by atoms with Gasteiger partial charge in [-0.05, 0) is 45.4 Å². The van der Waals surface area contributed by atoms with Gasteiger partial charge in [0, 0.05) is 30.9 Å². The Morgan fingerprint density at radius 3 is 2.59 bits per heavy atom. The van der Waals surface area contributed by atoms with Crippen molar-refractivity contribution in [2.45, 2.75) is 44.6 Å². The summed E-state index contributed by atoms with van der Waals surface area (Å²) >= 11 is 0. The summed E-state index contributed by atoms with van der Waals surface area (Å²) in [6, 6.07) is 10.8. The molecule has 2 unspecified atom stereocenters. The monoisotopic (exact) mass is 365 g/mol. The summed E-state index contributed by atoms with van der Waals surface area (Å²) in [5.74, 6) is 0.164. The molecule has 1 heterocycles. The van der Waals surface area contributed by atoms with Crippen LogP contribution in [-0.2, 0) is 10.2 Å². The Balaban J connectivity index is 2.35. The van der Waals surface area contributed by atoms with E-state index in [1.807, 2.05) is 0 Å². The molecule has 0 saturated carbocycles. The highest BCUT2D eigenvalue weighted by Gasteiger charge is 2.36. The highest BCUT2D eigenvalue weighted by molar-refractivity contribution is 5.93. The van der Waals surface area contributed by atoms with Crippen molar-refractivity contribution in [3.63, 3.8) is 0 Å². The maximum atomic E-state index is 9.76. The smallest absolute Gasteiger partial charge is 0.0659 e. The first-order chi connectivity index (χ1) is 12.8. The normalized spacial score (nSPS) is 19.7. The third-order valence-corrected chi connectivity index (χ3v) is 5.58. The lowest BCUT2D eigenvalue weighted by Crippen LogP contribution is -2.42. The van der Waals surface area contributed by atoms with Crippen LogP contribution >= 0.6 is 0 Å². The van der Waals surface area contributed by atoms with Crippen LogP contribution in [0, 0.1) is 0 Å². The number of aliphatic hydroxyl groups excluding tert-OH is 1. The summed E-state index contributed by atoms with van der Waals surface area (Å²) in [5, 5.41) is 15.8. The molecular weight excluding hydrogens is 334 g/mol. The van der Waals surface area contributed by atoms with Crippen LogP contribution in [0.25, 0.3) is 16.5 Å². The summed E-state index contributed by atoms with van der Waals surface area (Å²) in [5.41, 5.74) is 5.50. The molecule has 27 heavy (non-hydrogen) atoms. The average molecular weight is 366 g/mol. The number of ether oxygens (including phenoxy) is 1. The van der Waals surface area contributed by atoms with E-state index in [4.69, 9.17) is 4.74 Å². The van der Waals surface area contributed by atoms with Crippen LogP contribution in [0.4, 0.5) is 0 Å². The van der Waals surface area contributed by atoms with Crippen LogP contribution in [-0.4, -0.2) is 31.5 Å². The van der Waals surface area contributed by atoms with Gasteiger partial charge in [0.2, 0.25) is 0 Å². The Hall–Kier alpha value is -2.10. The van der Waals surface area contributed by atoms with E-state index in [9.17, 15) is 5.11 Å². The first-order valence-corrected chi connectivity index (χ1v) is 9.59. The molecule has 0 saturated heterocycles. The quantitative estimate of drug-likeness (QED) is 0.752. The molecule has 0 spiro atoms. The number of rotatable bonds is 5. The van der Waals surface area contributed by atoms with Gasteiger partial charge in [0.15, 0.2) is 0 Å². The minimum Gasteiger partial charge on any atom is -0.392 e. The molecule has 3 nitrogen and oxygen atoms in total. The molecule has 0 aromatic heterocycles. The minimum absolute atomic E-state index is 0.00857. The van der Waals surface area contributed by atoms with Gasteiger partial charge in [0.05, 0.1) is 12.6 Å². The molecule has 0 radical (unpaired) electrons. The van der Waals surface area contributed by atoms with Crippen molar-refractivity contribution in [2.75, 3.05) is 20.3 Å². The van der Waals surface area contributed by atoms with Crippen LogP contribution in [0.2, 0.25) is 0 Å². The zero-order valence-electron chi connectivity index (χ0n) is 16.9. The van der Waals surface area contributed by atoms with E-state index < -0.39 is 0 Å². The number of nitrogens with one attached hydrogen (secondary N) is 1. The van der Waals surface area contributed by atoms with Crippen LogP contribution < -0.4 is 5.32 Å². The maximum Gasteiger partial charge on any atom is 0.0659 e. The van der Waals surface area contributed by atoms with Gasteiger partial charge in [-0.25, -0.2) is 0 Å². The number of fused-ring (bicyclic) bond motifs is 3. The van der Waals surface area contributed by atoms with Crippen LogP contribution in [0.5, 0.6) is 0 Å². The zero-order valence-corrected chi connectivity index (χ0v) is 16.9. The number of aliphatic hydroxyl groups is 1. The zero-order chi connectivity index (χ0) is 19.8. The standard InChI is InChI=1S/C24H31NO2/c1-15(14-26)23-19(11-12-27-6)22-18-10-8-7-9-17(18)13-20(24(3,4)5)21(22)16(2)25-23/h7-10,13,19,23,25-26H,1-2,11-12,14H2,3-6H3. The van der Waals surface area contributed by atoms with Crippen molar-refractivity contribution < 1.29 is 9.84 Å². The second-order valence-electron chi connectivity index (χ2n) is 8.49. The molecule has 2 atom stereocenters. The lowest BCUT2D eigenvalue weighted by molar-refractivity contribution is 0.182. The lowest BCUT2D eigenvalue weighted by Gasteiger charge is -2.40. The van der Waals surface area contributed by atoms with Gasteiger partial charge >= 0.3 is 0 Å². The Morgan fingerprint density at radius 2 is 1.96 bits per heavy atom. The largest absolute Gasteiger partial charge is 0.392 e. The molecule has 3 rings (SSSR count). The fourth-order valence-electron chi connectivity index (χ4n) is 4.25. The molecule has 0 amide bonds. The van der Waals surface area contributed by atoms with Crippen molar-refractivity contribution in [3.05, 3.63) is 65.8 Å². The van der Waals surface area contributed by atoms with E-state index in [0.29, 0.717) is 6.61 Å². The molecule has 0 aliphatic carbocycles. The van der Waals surface area contributed by atoms with Crippen LogP contribution in [0.3, 0.4) is 0 Å². The maximum absolute atomic E-state index is 9.76. The van der Waals surface area contributed by atoms with Gasteiger partial charge < -0.3 is 15.2 Å². The molecule has 2 aromatic carbocycles. The van der Waals surface area contributed by atoms with Crippen molar-refractivity contribution in [3.8, 4) is 0 Å². The summed E-state index contributed by atoms with van der Waals surface area (Å²) < 4.78 is 5.42. The van der Waals surface area contributed by atoms with Crippen molar-refractivity contribution >= 4 is 16.5 Å². The van der Waals surface area contributed by atoms with Gasteiger partial charge in [-0.15, -0.1) is 0 Å². The van der Waals surface area contributed by atoms with Gasteiger partial charge in [0.1, 0.15) is 0 Å². The van der Waals surface area contributed by atoms with Gasteiger partial charge in [-0.1, -0.05) is 58.2 Å². The number of hydrogen-bond donors (Lipinski definition) is 2. The highest BCUT2D eigenvalue weighted by Crippen LogP contribution is 2.45. The second-order valence-corrected chi connectivity index (χ2v) is 8.49. The minimum atomic E-state index is -0.0521. The van der Waals surface area contributed by atoms with E-state index >= 15 is 0 Å². The Morgan fingerprint density at radius 1 is 1.26 bits per heavy atom. The molecule has 0 fully saturated rings.